The molecule has 0 aliphatic carbocycles. The standard InChI is InChI=1S/C20H17N3O5/c1-12-7-13(2)23(22-12)19-6-4-15(9-21-19)20(25)26-10-16(24)14-3-5-17-18(8-14)28-11-27-17/h3-9H,10-11H2,1-2H3. The third kappa shape index (κ3) is 3.44. The Balaban J connectivity index is 1.39. The number of pyridine rings is 1. The van der Waals surface area contributed by atoms with E-state index in [1.165, 1.54) is 6.20 Å². The highest BCUT2D eigenvalue weighted by Gasteiger charge is 2.18. The van der Waals surface area contributed by atoms with Crippen LogP contribution in [0, 0.1) is 13.8 Å². The summed E-state index contributed by atoms with van der Waals surface area (Å²) in [6.45, 7) is 3.57. The number of rotatable bonds is 5. The molecular weight excluding hydrogens is 362 g/mol. The summed E-state index contributed by atoms with van der Waals surface area (Å²) >= 11 is 0. The number of nitrogens with zero attached hydrogens (tertiary/aromatic N) is 3. The zero-order valence-electron chi connectivity index (χ0n) is 15.3. The maximum Gasteiger partial charge on any atom is 0.340 e. The lowest BCUT2D eigenvalue weighted by Gasteiger charge is -2.07. The van der Waals surface area contributed by atoms with Gasteiger partial charge in [-0.25, -0.2) is 14.5 Å². The fraction of sp³-hybridized carbons (Fsp3) is 0.200. The molecule has 0 radical (unpaired) electrons. The second-order valence-electron chi connectivity index (χ2n) is 6.31. The zero-order chi connectivity index (χ0) is 19.7. The van der Waals surface area contributed by atoms with Crippen molar-refractivity contribution in [3.8, 4) is 17.3 Å². The smallest absolute Gasteiger partial charge is 0.340 e. The second-order valence-corrected chi connectivity index (χ2v) is 6.31. The number of hydrogen-bond donors (Lipinski definition) is 0. The molecule has 0 fully saturated rings. The molecule has 28 heavy (non-hydrogen) atoms. The van der Waals surface area contributed by atoms with Crippen LogP contribution in [0.2, 0.25) is 0 Å². The Labute approximate surface area is 160 Å². The number of carbonyl (C=O) groups is 2. The fourth-order valence-electron chi connectivity index (χ4n) is 2.86. The lowest BCUT2D eigenvalue weighted by molar-refractivity contribution is 0.0474. The minimum Gasteiger partial charge on any atom is -0.454 e. The van der Waals surface area contributed by atoms with Gasteiger partial charge in [-0.1, -0.05) is 0 Å². The lowest BCUT2D eigenvalue weighted by atomic mass is 10.1. The molecule has 0 unspecified atom stereocenters. The van der Waals surface area contributed by atoms with Crippen LogP contribution in [0.4, 0.5) is 0 Å². The van der Waals surface area contributed by atoms with Crippen molar-refractivity contribution in [1.29, 1.82) is 0 Å². The number of benzene rings is 1. The van der Waals surface area contributed by atoms with Gasteiger partial charge < -0.3 is 14.2 Å². The van der Waals surface area contributed by atoms with E-state index in [4.69, 9.17) is 14.2 Å². The van der Waals surface area contributed by atoms with Crippen LogP contribution in [0.15, 0.2) is 42.6 Å². The molecule has 1 aliphatic heterocycles. The Bertz CT molecular complexity index is 1060. The molecule has 3 heterocycles. The van der Waals surface area contributed by atoms with Crippen molar-refractivity contribution in [1.82, 2.24) is 14.8 Å². The highest BCUT2D eigenvalue weighted by atomic mass is 16.7. The van der Waals surface area contributed by atoms with E-state index in [0.717, 1.165) is 11.4 Å². The highest BCUT2D eigenvalue weighted by molar-refractivity contribution is 5.99. The van der Waals surface area contributed by atoms with Crippen molar-refractivity contribution >= 4 is 11.8 Å². The van der Waals surface area contributed by atoms with Gasteiger partial charge in [0.05, 0.1) is 11.3 Å². The number of ether oxygens (including phenoxy) is 3. The first-order valence-electron chi connectivity index (χ1n) is 8.61. The van der Waals surface area contributed by atoms with Gasteiger partial charge in [-0.3, -0.25) is 4.79 Å². The molecule has 0 saturated carbocycles. The average Bonchev–Trinajstić information content (AvgIpc) is 3.30. The number of aromatic nitrogens is 3. The topological polar surface area (TPSA) is 92.5 Å². The van der Waals surface area contributed by atoms with Gasteiger partial charge in [0.1, 0.15) is 0 Å². The lowest BCUT2D eigenvalue weighted by Crippen LogP contribution is -2.14. The normalized spacial score (nSPS) is 12.1. The summed E-state index contributed by atoms with van der Waals surface area (Å²) in [4.78, 5) is 28.7. The molecule has 1 aromatic carbocycles. The molecule has 0 spiro atoms. The van der Waals surface area contributed by atoms with E-state index in [0.29, 0.717) is 22.9 Å². The maximum absolute atomic E-state index is 12.3. The summed E-state index contributed by atoms with van der Waals surface area (Å²) in [7, 11) is 0. The number of hydrogen-bond acceptors (Lipinski definition) is 7. The van der Waals surface area contributed by atoms with Crippen LogP contribution in [-0.4, -0.2) is 39.9 Å². The van der Waals surface area contributed by atoms with Crippen LogP contribution >= 0.6 is 0 Å². The van der Waals surface area contributed by atoms with Crippen LogP contribution in [0.1, 0.15) is 32.1 Å². The number of carbonyl (C=O) groups excluding carboxylic acids is 2. The second kappa shape index (κ2) is 7.15. The summed E-state index contributed by atoms with van der Waals surface area (Å²) in [6.07, 6.45) is 1.40. The number of ketones is 1. The zero-order valence-corrected chi connectivity index (χ0v) is 15.3. The van der Waals surface area contributed by atoms with E-state index in [9.17, 15) is 9.59 Å². The molecule has 0 atom stereocenters. The predicted octanol–water partition coefficient (Wildman–Crippen LogP) is 2.65. The Morgan fingerprint density at radius 3 is 2.57 bits per heavy atom. The van der Waals surface area contributed by atoms with E-state index < -0.39 is 5.97 Å². The maximum atomic E-state index is 12.3. The van der Waals surface area contributed by atoms with Gasteiger partial charge >= 0.3 is 5.97 Å². The minimum atomic E-state index is -0.624. The molecule has 0 bridgehead atoms. The van der Waals surface area contributed by atoms with Crippen molar-refractivity contribution < 1.29 is 23.8 Å². The summed E-state index contributed by atoms with van der Waals surface area (Å²) in [6, 6.07) is 10.0. The van der Waals surface area contributed by atoms with Crippen LogP contribution in [0.5, 0.6) is 11.5 Å². The first kappa shape index (κ1) is 17.7. The van der Waals surface area contributed by atoms with Gasteiger partial charge in [0.15, 0.2) is 29.7 Å². The average molecular weight is 379 g/mol. The number of aryl methyl sites for hydroxylation is 2. The van der Waals surface area contributed by atoms with Crippen LogP contribution < -0.4 is 9.47 Å². The third-order valence-electron chi connectivity index (χ3n) is 4.24. The first-order chi connectivity index (χ1) is 13.5. The Hall–Kier alpha value is -3.68. The van der Waals surface area contributed by atoms with Gasteiger partial charge in [-0.2, -0.15) is 5.10 Å². The monoisotopic (exact) mass is 379 g/mol. The summed E-state index contributed by atoms with van der Waals surface area (Å²) in [5.74, 6) is 0.724. The van der Waals surface area contributed by atoms with E-state index in [1.807, 2.05) is 19.9 Å². The van der Waals surface area contributed by atoms with E-state index in [-0.39, 0.29) is 24.7 Å². The van der Waals surface area contributed by atoms with E-state index in [1.54, 1.807) is 35.0 Å². The molecule has 142 valence electrons. The van der Waals surface area contributed by atoms with E-state index in [2.05, 4.69) is 10.1 Å². The SMILES string of the molecule is Cc1cc(C)n(-c2ccc(C(=O)OCC(=O)c3ccc4c(c3)OCO4)cn2)n1. The molecule has 8 nitrogen and oxygen atoms in total. The summed E-state index contributed by atoms with van der Waals surface area (Å²) in [5, 5.41) is 4.35. The Kier molecular flexibility index (Phi) is 4.52. The molecule has 2 aromatic heterocycles. The Morgan fingerprint density at radius 1 is 1.07 bits per heavy atom. The van der Waals surface area contributed by atoms with Gasteiger partial charge in [0.2, 0.25) is 6.79 Å². The number of Topliss-reactive ketones (excluding diaryl/α,β-unsaturated/α-hetero) is 1. The summed E-state index contributed by atoms with van der Waals surface area (Å²) in [5.41, 5.74) is 2.46. The molecule has 0 N–H and O–H groups in total. The number of fused-ring (bicyclic) bond motifs is 1. The Morgan fingerprint density at radius 2 is 1.86 bits per heavy atom. The third-order valence-corrected chi connectivity index (χ3v) is 4.24. The molecule has 0 amide bonds. The van der Waals surface area contributed by atoms with Crippen LogP contribution in [0.3, 0.4) is 0 Å². The van der Waals surface area contributed by atoms with Crippen LogP contribution in [0.25, 0.3) is 5.82 Å². The predicted molar refractivity (Wildman–Crippen MR) is 98.0 cm³/mol. The highest BCUT2D eigenvalue weighted by Crippen LogP contribution is 2.32. The minimum absolute atomic E-state index is 0.128. The molecule has 3 aromatic rings. The molecule has 0 saturated heterocycles. The van der Waals surface area contributed by atoms with Crippen molar-refractivity contribution in [2.45, 2.75) is 13.8 Å². The van der Waals surface area contributed by atoms with Crippen molar-refractivity contribution in [3.05, 3.63) is 65.1 Å². The van der Waals surface area contributed by atoms with E-state index >= 15 is 0 Å². The summed E-state index contributed by atoms with van der Waals surface area (Å²) < 4.78 is 17.3. The first-order valence-corrected chi connectivity index (χ1v) is 8.61. The fourth-order valence-corrected chi connectivity index (χ4v) is 2.86. The molecule has 1 aliphatic rings. The molecule has 8 heteroatoms. The molecule has 4 rings (SSSR count). The largest absolute Gasteiger partial charge is 0.454 e. The number of esters is 1. The van der Waals surface area contributed by atoms with Gasteiger partial charge in [-0.15, -0.1) is 0 Å². The van der Waals surface area contributed by atoms with Crippen molar-refractivity contribution in [3.63, 3.8) is 0 Å². The van der Waals surface area contributed by atoms with Crippen LogP contribution in [-0.2, 0) is 4.74 Å². The quantitative estimate of drug-likeness (QED) is 0.497. The van der Waals surface area contributed by atoms with Gasteiger partial charge in [0, 0.05) is 17.5 Å². The molecular formula is C20H17N3O5. The van der Waals surface area contributed by atoms with Crippen molar-refractivity contribution in [2.75, 3.05) is 13.4 Å². The van der Waals surface area contributed by atoms with Gasteiger partial charge in [-0.05, 0) is 50.2 Å². The van der Waals surface area contributed by atoms with Crippen molar-refractivity contribution in [2.24, 2.45) is 0 Å². The van der Waals surface area contributed by atoms with Gasteiger partial charge in [0.25, 0.3) is 0 Å².